The summed E-state index contributed by atoms with van der Waals surface area (Å²) in [7, 11) is 3.02. The van der Waals surface area contributed by atoms with E-state index in [0.29, 0.717) is 32.5 Å². The fraction of sp³-hybridized carbons (Fsp3) is 0.333. The van der Waals surface area contributed by atoms with Crippen LogP contribution in [-0.2, 0) is 36.6 Å². The fourth-order valence-corrected chi connectivity index (χ4v) is 7.28. The quantitative estimate of drug-likeness (QED) is 0.0412. The number of carbonyl (C=O) groups excluding carboxylic acids is 2. The Balaban J connectivity index is 0.000000304. The van der Waals surface area contributed by atoms with Crippen LogP contribution < -0.4 is 22.2 Å². The van der Waals surface area contributed by atoms with Crippen LogP contribution in [0.15, 0.2) is 140 Å². The average molecular weight is 939 g/mol. The number of carboxylic acid groups (broad SMARTS) is 2. The van der Waals surface area contributed by atoms with Crippen molar-refractivity contribution in [1.29, 1.82) is 0 Å². The highest BCUT2D eigenvalue weighted by molar-refractivity contribution is 5.91. The van der Waals surface area contributed by atoms with E-state index in [1.54, 1.807) is 21.0 Å². The predicted molar refractivity (Wildman–Crippen MR) is 256 cm³/mol. The molecular weight excluding hydrogens is 877 g/mol. The van der Waals surface area contributed by atoms with Crippen LogP contribution in [-0.4, -0.2) is 90.5 Å². The molecule has 0 bridgehead atoms. The Labute approximate surface area is 394 Å². The second kappa shape index (κ2) is 26.7. The van der Waals surface area contributed by atoms with Gasteiger partial charge >= 0.3 is 17.9 Å². The summed E-state index contributed by atoms with van der Waals surface area (Å²) < 4.78 is 24.6. The van der Waals surface area contributed by atoms with Crippen LogP contribution in [0.1, 0.15) is 73.3 Å². The van der Waals surface area contributed by atoms with Crippen LogP contribution in [0.2, 0.25) is 0 Å². The number of nitrogens with one attached hydrogen (secondary N) is 3. The summed E-state index contributed by atoms with van der Waals surface area (Å²) in [5.74, 6) is -3.67. The number of methoxy groups -OCH3 is 2. The molecule has 1 amide bonds. The van der Waals surface area contributed by atoms with Crippen LogP contribution in [0.4, 0.5) is 0 Å². The van der Waals surface area contributed by atoms with Crippen molar-refractivity contribution in [3.8, 4) is 22.3 Å². The number of carbonyl (C=O) groups is 4. The zero-order valence-electron chi connectivity index (χ0n) is 38.1. The third-order valence-corrected chi connectivity index (χ3v) is 10.5. The highest BCUT2D eigenvalue weighted by atomic mass is 16.5. The molecule has 4 aromatic carbocycles. The summed E-state index contributed by atoms with van der Waals surface area (Å²) in [6.45, 7) is 5.88. The highest BCUT2D eigenvalue weighted by Gasteiger charge is 2.38. The maximum Gasteiger partial charge on any atom is 0.374 e. The van der Waals surface area contributed by atoms with Crippen molar-refractivity contribution in [3.05, 3.63) is 165 Å². The number of aromatic carboxylic acids is 1. The van der Waals surface area contributed by atoms with Crippen molar-refractivity contribution in [3.63, 3.8) is 0 Å². The first-order valence-corrected chi connectivity index (χ1v) is 21.3. The molecule has 0 aliphatic carbocycles. The van der Waals surface area contributed by atoms with E-state index >= 15 is 0 Å². The number of esters is 1. The lowest BCUT2D eigenvalue weighted by Crippen LogP contribution is -2.44. The number of aromatic amines is 2. The van der Waals surface area contributed by atoms with E-state index in [1.165, 1.54) is 18.2 Å². The van der Waals surface area contributed by atoms with E-state index in [-0.39, 0.29) is 44.0 Å². The van der Waals surface area contributed by atoms with Crippen molar-refractivity contribution in [1.82, 2.24) is 15.6 Å². The van der Waals surface area contributed by atoms with Gasteiger partial charge in [0.1, 0.15) is 0 Å². The Bertz CT molecular complexity index is 2590. The second-order valence-corrected chi connectivity index (χ2v) is 16.3. The van der Waals surface area contributed by atoms with Crippen LogP contribution >= 0.6 is 0 Å². The van der Waals surface area contributed by atoms with Gasteiger partial charge in [0, 0.05) is 26.3 Å². The number of hydrogen-bond donors (Lipinski definition) is 6. The largest absolute Gasteiger partial charge is 0.481 e. The van der Waals surface area contributed by atoms with Crippen molar-refractivity contribution in [2.24, 2.45) is 16.6 Å². The van der Waals surface area contributed by atoms with E-state index in [1.807, 2.05) is 84.9 Å². The first-order chi connectivity index (χ1) is 32.0. The Morgan fingerprint density at radius 3 is 1.50 bits per heavy atom. The Morgan fingerprint density at radius 1 is 0.662 bits per heavy atom. The lowest BCUT2D eigenvalue weighted by atomic mass is 9.82. The first kappa shape index (κ1) is 55.0. The first-order valence-electron chi connectivity index (χ1n) is 21.3. The number of rotatable bonds is 20. The molecule has 0 fully saturated rings. The molecule has 6 aromatic rings. The lowest BCUT2D eigenvalue weighted by Gasteiger charge is -2.29. The van der Waals surface area contributed by atoms with Crippen molar-refractivity contribution in [2.75, 3.05) is 34.0 Å². The summed E-state index contributed by atoms with van der Waals surface area (Å²) in [5, 5.41) is 24.6. The van der Waals surface area contributed by atoms with E-state index < -0.39 is 45.8 Å². The number of benzene rings is 4. The Morgan fingerprint density at radius 2 is 1.10 bits per heavy atom. The normalized spacial score (nSPS) is 13.3. The maximum atomic E-state index is 12.6. The number of hydrogen-bond acceptors (Lipinski definition) is 12. The summed E-state index contributed by atoms with van der Waals surface area (Å²) in [6, 6.07) is 37.7. The molecule has 0 spiro atoms. The zero-order valence-corrected chi connectivity index (χ0v) is 38.1. The second-order valence-electron chi connectivity index (χ2n) is 16.3. The topological polar surface area (TPSA) is 266 Å². The Hall–Kier alpha value is -7.34. The van der Waals surface area contributed by atoms with Gasteiger partial charge in [0.25, 0.3) is 17.0 Å². The van der Waals surface area contributed by atoms with Gasteiger partial charge in [-0.1, -0.05) is 117 Å². The van der Waals surface area contributed by atoms with E-state index in [9.17, 15) is 33.9 Å². The van der Waals surface area contributed by atoms with Crippen LogP contribution in [0.5, 0.6) is 0 Å². The molecule has 7 N–H and O–H groups in total. The minimum absolute atomic E-state index is 0. The number of aromatic nitrogens is 2. The monoisotopic (exact) mass is 938 g/mol. The summed E-state index contributed by atoms with van der Waals surface area (Å²) in [5.41, 5.74) is 9.92. The number of carboxylic acids is 2. The van der Waals surface area contributed by atoms with Crippen molar-refractivity contribution in [2.45, 2.75) is 66.0 Å². The van der Waals surface area contributed by atoms with Gasteiger partial charge in [0.2, 0.25) is 11.5 Å². The third-order valence-electron chi connectivity index (χ3n) is 10.5. The molecule has 68 heavy (non-hydrogen) atoms. The predicted octanol–water partition coefficient (Wildman–Crippen LogP) is 7.23. The standard InChI is InChI=1S/C24H26N2O6.C22H29NO3.C4H3NO4.CH4/c1-24(15-31-2,23(29)30)14-19(25-22(28)20-13-21(27)26-32-20)12-16-8-10-18(11-9-16)17-6-4-3-5-7-17;1-4-26-21(24)22(2,16-25-3)15-20(23)14-17-10-12-19(13-11-17)18-8-6-5-7-9-18;6-3-1-2(4(7)8)9-5-3;/h3-11,13,19H,12,14-15H2,1-2H3,(H,25,28)(H,26,27)(H,29,30);5-13,20H,4,14-16,23H2,1-3H3;1H,(H,5,6)(H,7,8);1H4/t19-,24+;20-,22+;;/m11../s1. The summed E-state index contributed by atoms with van der Waals surface area (Å²) >= 11 is 0. The highest BCUT2D eigenvalue weighted by Crippen LogP contribution is 2.29. The fourth-order valence-electron chi connectivity index (χ4n) is 7.28. The molecule has 364 valence electrons. The minimum atomic E-state index is -1.26. The van der Waals surface area contributed by atoms with Gasteiger partial charge in [-0.05, 0) is 79.8 Å². The molecule has 2 heterocycles. The molecule has 0 saturated carbocycles. The average Bonchev–Trinajstić information content (AvgIpc) is 3.96. The van der Waals surface area contributed by atoms with Gasteiger partial charge in [0.05, 0.1) is 42.8 Å². The van der Waals surface area contributed by atoms with Gasteiger partial charge in [-0.25, -0.2) is 4.79 Å². The van der Waals surface area contributed by atoms with Crippen LogP contribution in [0.3, 0.4) is 0 Å². The molecule has 0 aliphatic rings. The molecular formula is C51H62N4O13. The molecule has 0 unspecified atom stereocenters. The molecule has 0 saturated heterocycles. The molecule has 17 nitrogen and oxygen atoms in total. The van der Waals surface area contributed by atoms with Gasteiger partial charge in [-0.2, -0.15) is 10.3 Å². The van der Waals surface area contributed by atoms with Gasteiger partial charge in [0.15, 0.2) is 0 Å². The number of ether oxygens (including phenoxy) is 3. The van der Waals surface area contributed by atoms with Crippen molar-refractivity contribution < 1.29 is 52.6 Å². The third kappa shape index (κ3) is 16.8. The minimum Gasteiger partial charge on any atom is -0.481 e. The Kier molecular flexibility index (Phi) is 21.6. The van der Waals surface area contributed by atoms with Gasteiger partial charge in [-0.15, -0.1) is 0 Å². The molecule has 4 atom stereocenters. The SMILES string of the molecule is C.CCOC(=O)[C@](C)(COC)C[C@H](N)Cc1ccc(-c2ccccc2)cc1.COC[C@](C)(C[C@@H](Cc1ccc(-c2ccccc2)cc1)NC(=O)c1cc(=O)[nH]o1)C(=O)O.O=C(O)c1cc(=O)[nH]o1. The smallest absolute Gasteiger partial charge is 0.374 e. The number of amides is 1. The number of nitrogens with two attached hydrogens (primary N) is 1. The lowest BCUT2D eigenvalue weighted by molar-refractivity contribution is -0.158. The summed E-state index contributed by atoms with van der Waals surface area (Å²) in [6.07, 6.45) is 1.73. The van der Waals surface area contributed by atoms with E-state index in [2.05, 4.69) is 51.4 Å². The van der Waals surface area contributed by atoms with Crippen LogP contribution in [0.25, 0.3) is 22.3 Å². The number of aliphatic carboxylic acids is 1. The van der Waals surface area contributed by atoms with E-state index in [0.717, 1.165) is 34.4 Å². The molecule has 0 aliphatic heterocycles. The van der Waals surface area contributed by atoms with E-state index in [4.69, 9.17) is 29.6 Å². The molecule has 6 rings (SSSR count). The molecule has 2 aromatic heterocycles. The molecule has 17 heteroatoms. The van der Waals surface area contributed by atoms with Gasteiger partial charge < -0.3 is 44.5 Å². The van der Waals surface area contributed by atoms with Crippen molar-refractivity contribution >= 4 is 23.8 Å². The summed E-state index contributed by atoms with van der Waals surface area (Å²) in [4.78, 5) is 68.2. The van der Waals surface area contributed by atoms with Gasteiger partial charge in [-0.3, -0.25) is 24.0 Å². The maximum absolute atomic E-state index is 12.6. The zero-order chi connectivity index (χ0) is 49.0. The molecule has 0 radical (unpaired) electrons. The number of H-pyrrole nitrogens is 2. The van der Waals surface area contributed by atoms with Crippen LogP contribution in [0, 0.1) is 10.8 Å².